The molecular formula is C14H14BrNO5. The lowest BCUT2D eigenvalue weighted by molar-refractivity contribution is 0.0652. The number of carboxylic acids is 1. The van der Waals surface area contributed by atoms with E-state index in [1.165, 1.54) is 13.2 Å². The van der Waals surface area contributed by atoms with Crippen LogP contribution in [0.3, 0.4) is 0 Å². The average Bonchev–Trinajstić information content (AvgIpc) is 2.96. The van der Waals surface area contributed by atoms with Gasteiger partial charge in [-0.1, -0.05) is 12.1 Å². The summed E-state index contributed by atoms with van der Waals surface area (Å²) in [6.45, 7) is 1.98. The summed E-state index contributed by atoms with van der Waals surface area (Å²) in [5.41, 5.74) is 2.10. The number of aromatic nitrogens is 1. The molecule has 112 valence electrons. The molecule has 0 saturated heterocycles. The molecule has 0 bridgehead atoms. The molecule has 0 spiro atoms. The van der Waals surface area contributed by atoms with Crippen LogP contribution in [-0.4, -0.2) is 30.5 Å². The van der Waals surface area contributed by atoms with Crippen molar-refractivity contribution in [1.82, 2.24) is 5.16 Å². The van der Waals surface area contributed by atoms with Gasteiger partial charge in [-0.2, -0.15) is 0 Å². The minimum absolute atomic E-state index is 0.210. The quantitative estimate of drug-likeness (QED) is 0.885. The molecule has 0 aliphatic heterocycles. The summed E-state index contributed by atoms with van der Waals surface area (Å²) in [5, 5.41) is 12.7. The highest BCUT2D eigenvalue weighted by atomic mass is 79.9. The van der Waals surface area contributed by atoms with Crippen LogP contribution in [0.4, 0.5) is 0 Å². The van der Waals surface area contributed by atoms with E-state index >= 15 is 0 Å². The fraction of sp³-hybridized carbons (Fsp3) is 0.286. The summed E-state index contributed by atoms with van der Waals surface area (Å²) >= 11 is 3.50. The molecule has 0 atom stereocenters. The minimum atomic E-state index is -1.16. The van der Waals surface area contributed by atoms with Gasteiger partial charge in [0.05, 0.1) is 18.7 Å². The van der Waals surface area contributed by atoms with Crippen LogP contribution in [0.15, 0.2) is 21.1 Å². The maximum absolute atomic E-state index is 10.9. The van der Waals surface area contributed by atoms with Crippen molar-refractivity contribution in [1.29, 1.82) is 0 Å². The standard InChI is InChI=1S/C14H14BrNO5/c1-4-7-8(9-6-11(14(17)18)21-16-9)5-10(19-2)13(20-3)12(7)15/h5-6H,4H2,1-3H3,(H,17,18). The van der Waals surface area contributed by atoms with Crippen molar-refractivity contribution in [2.75, 3.05) is 14.2 Å². The number of nitrogens with zero attached hydrogens (tertiary/aromatic N) is 1. The zero-order valence-corrected chi connectivity index (χ0v) is 13.4. The Balaban J connectivity index is 2.66. The number of methoxy groups -OCH3 is 2. The maximum Gasteiger partial charge on any atom is 0.374 e. The molecular weight excluding hydrogens is 342 g/mol. The van der Waals surface area contributed by atoms with Gasteiger partial charge in [-0.05, 0) is 34.0 Å². The van der Waals surface area contributed by atoms with Gasteiger partial charge in [0.15, 0.2) is 11.5 Å². The van der Waals surface area contributed by atoms with Gasteiger partial charge in [0.25, 0.3) is 0 Å². The lowest BCUT2D eigenvalue weighted by Gasteiger charge is -2.15. The number of hydrogen-bond acceptors (Lipinski definition) is 5. The van der Waals surface area contributed by atoms with Crippen molar-refractivity contribution >= 4 is 21.9 Å². The van der Waals surface area contributed by atoms with E-state index in [2.05, 4.69) is 21.1 Å². The lowest BCUT2D eigenvalue weighted by Crippen LogP contribution is -1.98. The molecule has 6 nitrogen and oxygen atoms in total. The van der Waals surface area contributed by atoms with Crippen molar-refractivity contribution in [3.63, 3.8) is 0 Å². The highest BCUT2D eigenvalue weighted by molar-refractivity contribution is 9.10. The molecule has 1 aromatic carbocycles. The summed E-state index contributed by atoms with van der Waals surface area (Å²) in [4.78, 5) is 10.9. The van der Waals surface area contributed by atoms with E-state index in [-0.39, 0.29) is 5.76 Å². The van der Waals surface area contributed by atoms with Crippen molar-refractivity contribution in [2.24, 2.45) is 0 Å². The second-order valence-electron chi connectivity index (χ2n) is 4.19. The Morgan fingerprint density at radius 2 is 2.10 bits per heavy atom. The average molecular weight is 356 g/mol. The summed E-state index contributed by atoms with van der Waals surface area (Å²) in [6.07, 6.45) is 0.700. The molecule has 0 amide bonds. The Bertz CT molecular complexity index is 680. The molecule has 2 aromatic rings. The normalized spacial score (nSPS) is 10.5. The Hall–Kier alpha value is -2.02. The zero-order chi connectivity index (χ0) is 15.6. The number of rotatable bonds is 5. The minimum Gasteiger partial charge on any atom is -0.493 e. The van der Waals surface area contributed by atoms with E-state index in [1.807, 2.05) is 6.92 Å². The fourth-order valence-electron chi connectivity index (χ4n) is 2.07. The van der Waals surface area contributed by atoms with E-state index in [4.69, 9.17) is 19.1 Å². The molecule has 1 aromatic heterocycles. The smallest absolute Gasteiger partial charge is 0.374 e. The van der Waals surface area contributed by atoms with Crippen LogP contribution in [0.5, 0.6) is 11.5 Å². The third-order valence-electron chi connectivity index (χ3n) is 3.06. The summed E-state index contributed by atoms with van der Waals surface area (Å²) in [7, 11) is 3.09. The Morgan fingerprint density at radius 3 is 2.57 bits per heavy atom. The molecule has 7 heteroatoms. The van der Waals surface area contributed by atoms with E-state index < -0.39 is 5.97 Å². The molecule has 0 aliphatic rings. The summed E-state index contributed by atoms with van der Waals surface area (Å²) < 4.78 is 16.2. The number of carbonyl (C=O) groups is 1. The zero-order valence-electron chi connectivity index (χ0n) is 11.8. The largest absolute Gasteiger partial charge is 0.493 e. The van der Waals surface area contributed by atoms with Gasteiger partial charge in [0.1, 0.15) is 5.69 Å². The van der Waals surface area contributed by atoms with Crippen LogP contribution >= 0.6 is 15.9 Å². The lowest BCUT2D eigenvalue weighted by atomic mass is 10.0. The third kappa shape index (κ3) is 2.73. The highest BCUT2D eigenvalue weighted by Crippen LogP contribution is 2.43. The van der Waals surface area contributed by atoms with Crippen LogP contribution in [0.1, 0.15) is 23.0 Å². The molecule has 0 fully saturated rings. The van der Waals surface area contributed by atoms with Gasteiger partial charge in [0.2, 0.25) is 5.76 Å². The van der Waals surface area contributed by atoms with Gasteiger partial charge < -0.3 is 19.1 Å². The van der Waals surface area contributed by atoms with Gasteiger partial charge >= 0.3 is 5.97 Å². The van der Waals surface area contributed by atoms with Gasteiger partial charge in [0, 0.05) is 11.6 Å². The predicted octanol–water partition coefficient (Wildman–Crippen LogP) is 3.38. The molecule has 0 unspecified atom stereocenters. The highest BCUT2D eigenvalue weighted by Gasteiger charge is 2.21. The van der Waals surface area contributed by atoms with Crippen molar-refractivity contribution in [2.45, 2.75) is 13.3 Å². The molecule has 0 saturated carbocycles. The van der Waals surface area contributed by atoms with Crippen LogP contribution in [0.2, 0.25) is 0 Å². The van der Waals surface area contributed by atoms with Gasteiger partial charge in [-0.25, -0.2) is 4.79 Å². The van der Waals surface area contributed by atoms with Crippen molar-refractivity contribution in [3.05, 3.63) is 27.9 Å². The van der Waals surface area contributed by atoms with Gasteiger partial charge in [-0.15, -0.1) is 0 Å². The second-order valence-corrected chi connectivity index (χ2v) is 4.98. The predicted molar refractivity (Wildman–Crippen MR) is 79.1 cm³/mol. The SMILES string of the molecule is CCc1c(-c2cc(C(=O)O)on2)cc(OC)c(OC)c1Br. The Morgan fingerprint density at radius 1 is 1.38 bits per heavy atom. The molecule has 0 aliphatic carbocycles. The molecule has 1 N–H and O–H groups in total. The Labute approximate surface area is 129 Å². The first kappa shape index (κ1) is 15.4. The molecule has 0 radical (unpaired) electrons. The Kier molecular flexibility index (Phi) is 4.52. The maximum atomic E-state index is 10.9. The number of hydrogen-bond donors (Lipinski definition) is 1. The van der Waals surface area contributed by atoms with Crippen LogP contribution in [-0.2, 0) is 6.42 Å². The number of aromatic carboxylic acids is 1. The van der Waals surface area contributed by atoms with E-state index in [0.717, 1.165) is 15.6 Å². The number of benzene rings is 1. The topological polar surface area (TPSA) is 81.8 Å². The number of ether oxygens (including phenoxy) is 2. The second kappa shape index (κ2) is 6.17. The summed E-state index contributed by atoms with van der Waals surface area (Å²) in [5.74, 6) is -0.263. The molecule has 1 heterocycles. The van der Waals surface area contributed by atoms with Crippen LogP contribution in [0, 0.1) is 0 Å². The first-order chi connectivity index (χ1) is 10.0. The molecule has 21 heavy (non-hydrogen) atoms. The summed E-state index contributed by atoms with van der Waals surface area (Å²) in [6, 6.07) is 3.14. The van der Waals surface area contributed by atoms with E-state index in [9.17, 15) is 4.79 Å². The van der Waals surface area contributed by atoms with E-state index in [0.29, 0.717) is 23.6 Å². The van der Waals surface area contributed by atoms with Crippen molar-refractivity contribution in [3.8, 4) is 22.8 Å². The van der Waals surface area contributed by atoms with Crippen LogP contribution < -0.4 is 9.47 Å². The number of carboxylic acid groups (broad SMARTS) is 1. The monoisotopic (exact) mass is 355 g/mol. The third-order valence-corrected chi connectivity index (χ3v) is 3.90. The number of halogens is 1. The van der Waals surface area contributed by atoms with Crippen LogP contribution in [0.25, 0.3) is 11.3 Å². The van der Waals surface area contributed by atoms with Gasteiger partial charge in [-0.3, -0.25) is 0 Å². The fourth-order valence-corrected chi connectivity index (χ4v) is 2.92. The first-order valence-electron chi connectivity index (χ1n) is 6.17. The van der Waals surface area contributed by atoms with E-state index in [1.54, 1.807) is 13.2 Å². The van der Waals surface area contributed by atoms with Crippen molar-refractivity contribution < 1.29 is 23.9 Å². The molecule has 2 rings (SSSR count). The first-order valence-corrected chi connectivity index (χ1v) is 6.96.